The van der Waals surface area contributed by atoms with Gasteiger partial charge in [-0.2, -0.15) is 4.98 Å². The second-order valence-electron chi connectivity index (χ2n) is 3.78. The minimum absolute atomic E-state index is 0.403. The summed E-state index contributed by atoms with van der Waals surface area (Å²) in [6.45, 7) is 0. The van der Waals surface area contributed by atoms with Gasteiger partial charge in [0.2, 0.25) is 5.82 Å². The predicted octanol–water partition coefficient (Wildman–Crippen LogP) is 1.11. The molecule has 2 N–H and O–H groups in total. The molecule has 7 nitrogen and oxygen atoms in total. The maximum absolute atomic E-state index is 5.61. The first-order valence-electron chi connectivity index (χ1n) is 5.26. The number of aromatic nitrogens is 5. The Kier molecular flexibility index (Phi) is 2.30. The number of rotatable bonds is 2. The van der Waals surface area contributed by atoms with Crippen molar-refractivity contribution in [2.75, 3.05) is 5.73 Å². The molecule has 3 aromatic heterocycles. The molecule has 3 aromatic rings. The number of hydrogen-bond acceptors (Lipinski definition) is 6. The Labute approximate surface area is 102 Å². The number of nitrogens with zero attached hydrogens (tertiary/aromatic N) is 5. The molecule has 3 rings (SSSR count). The van der Waals surface area contributed by atoms with Gasteiger partial charge in [0, 0.05) is 18.8 Å². The van der Waals surface area contributed by atoms with Gasteiger partial charge in [0.05, 0.1) is 12.5 Å². The van der Waals surface area contributed by atoms with E-state index in [0.29, 0.717) is 17.5 Å². The van der Waals surface area contributed by atoms with Gasteiger partial charge in [-0.15, -0.1) is 0 Å². The molecule has 0 saturated carbocycles. The summed E-state index contributed by atoms with van der Waals surface area (Å²) in [5, 5.41) is 3.92. The van der Waals surface area contributed by atoms with Crippen molar-refractivity contribution < 1.29 is 4.52 Å². The van der Waals surface area contributed by atoms with E-state index in [4.69, 9.17) is 10.3 Å². The van der Waals surface area contributed by atoms with E-state index in [2.05, 4.69) is 20.1 Å². The Hall–Kier alpha value is -2.70. The van der Waals surface area contributed by atoms with Gasteiger partial charge in [-0.05, 0) is 12.1 Å². The fraction of sp³-hybridized carbons (Fsp3) is 0.0909. The van der Waals surface area contributed by atoms with Crippen LogP contribution in [0.3, 0.4) is 0 Å². The highest BCUT2D eigenvalue weighted by atomic mass is 16.5. The third-order valence-electron chi connectivity index (χ3n) is 2.50. The van der Waals surface area contributed by atoms with E-state index >= 15 is 0 Å². The van der Waals surface area contributed by atoms with Crippen molar-refractivity contribution in [2.45, 2.75) is 0 Å². The molecule has 3 heterocycles. The van der Waals surface area contributed by atoms with E-state index in [1.165, 1.54) is 0 Å². The van der Waals surface area contributed by atoms with Gasteiger partial charge < -0.3 is 14.8 Å². The standard InChI is InChI=1S/C11H10N6O/c1-17-6-13-5-8(17)10-15-11(18-16-10)7-2-3-14-9(12)4-7/h2-6H,1H3,(H2,12,14). The lowest BCUT2D eigenvalue weighted by atomic mass is 10.2. The smallest absolute Gasteiger partial charge is 0.258 e. The van der Waals surface area contributed by atoms with Gasteiger partial charge in [0.15, 0.2) is 0 Å². The van der Waals surface area contributed by atoms with Crippen molar-refractivity contribution in [3.8, 4) is 23.0 Å². The van der Waals surface area contributed by atoms with E-state index in [-0.39, 0.29) is 0 Å². The molecule has 0 atom stereocenters. The minimum atomic E-state index is 0.403. The molecular weight excluding hydrogens is 232 g/mol. The normalized spacial score (nSPS) is 10.7. The molecule has 0 fully saturated rings. The molecule has 0 unspecified atom stereocenters. The lowest BCUT2D eigenvalue weighted by molar-refractivity contribution is 0.432. The number of hydrogen-bond donors (Lipinski definition) is 1. The molecule has 0 amide bonds. The Morgan fingerprint density at radius 3 is 3.00 bits per heavy atom. The molecule has 0 radical (unpaired) electrons. The maximum Gasteiger partial charge on any atom is 0.258 e. The van der Waals surface area contributed by atoms with Gasteiger partial charge >= 0.3 is 0 Å². The summed E-state index contributed by atoms with van der Waals surface area (Å²) in [4.78, 5) is 12.2. The van der Waals surface area contributed by atoms with Crippen LogP contribution in [0.25, 0.3) is 23.0 Å². The molecule has 0 saturated heterocycles. The Morgan fingerprint density at radius 1 is 1.39 bits per heavy atom. The minimum Gasteiger partial charge on any atom is -0.384 e. The molecule has 0 aliphatic rings. The van der Waals surface area contributed by atoms with Crippen LogP contribution in [0.4, 0.5) is 5.82 Å². The lowest BCUT2D eigenvalue weighted by Gasteiger charge is -1.95. The molecule has 0 spiro atoms. The summed E-state index contributed by atoms with van der Waals surface area (Å²) in [5.74, 6) is 1.30. The van der Waals surface area contributed by atoms with Crippen molar-refractivity contribution in [1.29, 1.82) is 0 Å². The molecule has 90 valence electrons. The molecule has 7 heteroatoms. The van der Waals surface area contributed by atoms with Crippen LogP contribution in [0.15, 0.2) is 35.4 Å². The first-order valence-corrected chi connectivity index (χ1v) is 5.26. The van der Waals surface area contributed by atoms with Crippen LogP contribution in [0.1, 0.15) is 0 Å². The summed E-state index contributed by atoms with van der Waals surface area (Å²) in [5.41, 5.74) is 7.13. The Balaban J connectivity index is 2.02. The molecule has 0 aliphatic heterocycles. The second-order valence-corrected chi connectivity index (χ2v) is 3.78. The summed E-state index contributed by atoms with van der Waals surface area (Å²) in [6, 6.07) is 3.44. The number of aryl methyl sites for hydroxylation is 1. The van der Waals surface area contributed by atoms with E-state index < -0.39 is 0 Å². The van der Waals surface area contributed by atoms with E-state index in [1.807, 2.05) is 11.6 Å². The molecule has 0 bridgehead atoms. The second kappa shape index (κ2) is 3.95. The van der Waals surface area contributed by atoms with Crippen LogP contribution < -0.4 is 5.73 Å². The number of anilines is 1. The van der Waals surface area contributed by atoms with Crippen molar-refractivity contribution in [3.63, 3.8) is 0 Å². The molecular formula is C11H10N6O. The number of imidazole rings is 1. The summed E-state index contributed by atoms with van der Waals surface area (Å²) >= 11 is 0. The van der Waals surface area contributed by atoms with Crippen LogP contribution in [0.2, 0.25) is 0 Å². The first-order chi connectivity index (χ1) is 8.74. The third kappa shape index (κ3) is 1.71. The fourth-order valence-corrected chi connectivity index (χ4v) is 1.60. The van der Waals surface area contributed by atoms with Crippen molar-refractivity contribution in [2.24, 2.45) is 7.05 Å². The third-order valence-corrected chi connectivity index (χ3v) is 2.50. The zero-order chi connectivity index (χ0) is 12.5. The summed E-state index contributed by atoms with van der Waals surface area (Å²) in [6.07, 6.45) is 4.95. The van der Waals surface area contributed by atoms with Crippen LogP contribution in [0.5, 0.6) is 0 Å². The number of nitrogens with two attached hydrogens (primary N) is 1. The fourth-order valence-electron chi connectivity index (χ4n) is 1.60. The highest BCUT2D eigenvalue weighted by Crippen LogP contribution is 2.22. The maximum atomic E-state index is 5.61. The van der Waals surface area contributed by atoms with Crippen molar-refractivity contribution in [1.82, 2.24) is 24.7 Å². The van der Waals surface area contributed by atoms with Gasteiger partial charge in [-0.1, -0.05) is 5.16 Å². The summed E-state index contributed by atoms with van der Waals surface area (Å²) in [7, 11) is 1.86. The molecule has 0 aliphatic carbocycles. The predicted molar refractivity (Wildman–Crippen MR) is 64.1 cm³/mol. The summed E-state index contributed by atoms with van der Waals surface area (Å²) < 4.78 is 7.01. The average Bonchev–Trinajstić information content (AvgIpc) is 2.97. The van der Waals surface area contributed by atoms with Gasteiger partial charge in [-0.3, -0.25) is 0 Å². The quantitative estimate of drug-likeness (QED) is 0.723. The van der Waals surface area contributed by atoms with Crippen LogP contribution in [0, 0.1) is 0 Å². The number of pyridine rings is 1. The zero-order valence-corrected chi connectivity index (χ0v) is 9.61. The van der Waals surface area contributed by atoms with E-state index in [1.54, 1.807) is 30.9 Å². The largest absolute Gasteiger partial charge is 0.384 e. The van der Waals surface area contributed by atoms with E-state index in [9.17, 15) is 0 Å². The lowest BCUT2D eigenvalue weighted by Crippen LogP contribution is -1.91. The van der Waals surface area contributed by atoms with E-state index in [0.717, 1.165) is 11.3 Å². The van der Waals surface area contributed by atoms with Crippen molar-refractivity contribution >= 4 is 5.82 Å². The zero-order valence-electron chi connectivity index (χ0n) is 9.61. The highest BCUT2D eigenvalue weighted by molar-refractivity contribution is 5.59. The topological polar surface area (TPSA) is 95.7 Å². The van der Waals surface area contributed by atoms with Gasteiger partial charge in [-0.25, -0.2) is 9.97 Å². The molecule has 18 heavy (non-hydrogen) atoms. The van der Waals surface area contributed by atoms with Crippen LogP contribution in [-0.2, 0) is 7.05 Å². The van der Waals surface area contributed by atoms with Crippen LogP contribution >= 0.6 is 0 Å². The Morgan fingerprint density at radius 2 is 2.28 bits per heavy atom. The molecule has 0 aromatic carbocycles. The average molecular weight is 242 g/mol. The van der Waals surface area contributed by atoms with Crippen LogP contribution in [-0.4, -0.2) is 24.7 Å². The van der Waals surface area contributed by atoms with Crippen molar-refractivity contribution in [3.05, 3.63) is 30.9 Å². The SMILES string of the molecule is Cn1cncc1-c1noc(-c2ccnc(N)c2)n1. The van der Waals surface area contributed by atoms with Gasteiger partial charge in [0.1, 0.15) is 11.5 Å². The van der Waals surface area contributed by atoms with Gasteiger partial charge in [0.25, 0.3) is 5.89 Å². The number of nitrogen functional groups attached to an aromatic ring is 1. The first kappa shape index (κ1) is 10.5. The Bertz CT molecular complexity index is 686. The monoisotopic (exact) mass is 242 g/mol. The highest BCUT2D eigenvalue weighted by Gasteiger charge is 2.13.